The molecule has 2 amide bonds. The summed E-state index contributed by atoms with van der Waals surface area (Å²) in [7, 11) is 3.14. The first-order chi connectivity index (χ1) is 9.52. The van der Waals surface area contributed by atoms with Crippen LogP contribution < -0.4 is 0 Å². The van der Waals surface area contributed by atoms with Gasteiger partial charge in [-0.1, -0.05) is 0 Å². The third-order valence-corrected chi connectivity index (χ3v) is 4.15. The molecule has 0 bridgehead atoms. The maximum atomic E-state index is 12.5. The highest BCUT2D eigenvalue weighted by Gasteiger charge is 2.37. The first-order valence-electron chi connectivity index (χ1n) is 6.38. The SMILES string of the molecule is COCCN(C(=O)N1CSC[C@H]1C(=O)O)C(C)COC. The number of thioether (sulfide) groups is 1. The molecule has 1 N–H and O–H groups in total. The van der Waals surface area contributed by atoms with Gasteiger partial charge in [-0.05, 0) is 6.92 Å². The average molecular weight is 306 g/mol. The Labute approximate surface area is 123 Å². The molecule has 0 aromatic rings. The number of methoxy groups -OCH3 is 2. The lowest BCUT2D eigenvalue weighted by molar-refractivity contribution is -0.141. The molecule has 1 heterocycles. The number of carboxylic acids is 1. The number of ether oxygens (including phenoxy) is 2. The van der Waals surface area contributed by atoms with Crippen LogP contribution in [0.15, 0.2) is 0 Å². The summed E-state index contributed by atoms with van der Waals surface area (Å²) in [5.41, 5.74) is 0. The number of hydrogen-bond acceptors (Lipinski definition) is 5. The van der Waals surface area contributed by atoms with E-state index in [2.05, 4.69) is 0 Å². The minimum Gasteiger partial charge on any atom is -0.480 e. The van der Waals surface area contributed by atoms with Crippen molar-refractivity contribution in [3.63, 3.8) is 0 Å². The van der Waals surface area contributed by atoms with Crippen molar-refractivity contribution in [2.24, 2.45) is 0 Å². The quantitative estimate of drug-likeness (QED) is 0.740. The number of carboxylic acid groups (broad SMARTS) is 1. The number of rotatable bonds is 7. The van der Waals surface area contributed by atoms with Gasteiger partial charge in [0.1, 0.15) is 6.04 Å². The summed E-state index contributed by atoms with van der Waals surface area (Å²) in [5.74, 6) is -0.133. The molecule has 20 heavy (non-hydrogen) atoms. The van der Waals surface area contributed by atoms with E-state index in [4.69, 9.17) is 14.6 Å². The van der Waals surface area contributed by atoms with E-state index in [0.29, 0.717) is 31.4 Å². The van der Waals surface area contributed by atoms with E-state index in [1.165, 1.54) is 16.7 Å². The van der Waals surface area contributed by atoms with Gasteiger partial charge in [-0.3, -0.25) is 0 Å². The Morgan fingerprint density at radius 1 is 1.45 bits per heavy atom. The zero-order valence-electron chi connectivity index (χ0n) is 12.1. The third-order valence-electron chi connectivity index (χ3n) is 3.14. The van der Waals surface area contributed by atoms with Crippen LogP contribution in [0, 0.1) is 0 Å². The molecule has 0 saturated carbocycles. The van der Waals surface area contributed by atoms with E-state index in [-0.39, 0.29) is 12.1 Å². The maximum absolute atomic E-state index is 12.5. The summed E-state index contributed by atoms with van der Waals surface area (Å²) in [5, 5.41) is 9.16. The number of carbonyl (C=O) groups excluding carboxylic acids is 1. The fourth-order valence-corrected chi connectivity index (χ4v) is 3.16. The van der Waals surface area contributed by atoms with E-state index in [1.54, 1.807) is 19.1 Å². The van der Waals surface area contributed by atoms with Crippen molar-refractivity contribution in [2.45, 2.75) is 19.0 Å². The first-order valence-corrected chi connectivity index (χ1v) is 7.54. The van der Waals surface area contributed by atoms with Crippen LogP contribution in [0.25, 0.3) is 0 Å². The van der Waals surface area contributed by atoms with Crippen LogP contribution in [0.1, 0.15) is 6.92 Å². The Morgan fingerprint density at radius 2 is 2.15 bits per heavy atom. The number of aliphatic carboxylic acids is 1. The van der Waals surface area contributed by atoms with Crippen LogP contribution >= 0.6 is 11.8 Å². The Hall–Kier alpha value is -0.990. The van der Waals surface area contributed by atoms with Crippen molar-refractivity contribution in [1.82, 2.24) is 9.80 Å². The molecule has 1 saturated heterocycles. The average Bonchev–Trinajstić information content (AvgIpc) is 2.88. The second-order valence-electron chi connectivity index (χ2n) is 4.60. The topological polar surface area (TPSA) is 79.3 Å². The number of carbonyl (C=O) groups is 2. The third kappa shape index (κ3) is 4.26. The van der Waals surface area contributed by atoms with Crippen molar-refractivity contribution in [3.8, 4) is 0 Å². The molecule has 1 aliphatic rings. The summed E-state index contributed by atoms with van der Waals surface area (Å²) in [6.45, 7) is 3.08. The lowest BCUT2D eigenvalue weighted by Gasteiger charge is -2.33. The van der Waals surface area contributed by atoms with Crippen LogP contribution in [0.3, 0.4) is 0 Å². The van der Waals surface area contributed by atoms with Crippen molar-refractivity contribution in [2.75, 3.05) is 45.6 Å². The van der Waals surface area contributed by atoms with E-state index in [1.807, 2.05) is 6.92 Å². The smallest absolute Gasteiger partial charge is 0.327 e. The zero-order valence-corrected chi connectivity index (χ0v) is 12.9. The monoisotopic (exact) mass is 306 g/mol. The van der Waals surface area contributed by atoms with Crippen molar-refractivity contribution < 1.29 is 24.2 Å². The van der Waals surface area contributed by atoms with Crippen LogP contribution in [-0.4, -0.2) is 84.6 Å². The summed E-state index contributed by atoms with van der Waals surface area (Å²) < 4.78 is 10.1. The van der Waals surface area contributed by atoms with Gasteiger partial charge in [0, 0.05) is 26.5 Å². The van der Waals surface area contributed by atoms with Gasteiger partial charge in [0.2, 0.25) is 0 Å². The summed E-state index contributed by atoms with van der Waals surface area (Å²) in [6, 6.07) is -1.17. The molecule has 116 valence electrons. The highest BCUT2D eigenvalue weighted by Crippen LogP contribution is 2.23. The van der Waals surface area contributed by atoms with Crippen molar-refractivity contribution in [3.05, 3.63) is 0 Å². The largest absolute Gasteiger partial charge is 0.480 e. The number of nitrogens with zero attached hydrogens (tertiary/aromatic N) is 2. The zero-order chi connectivity index (χ0) is 15.1. The predicted octanol–water partition coefficient (Wildman–Crippen LogP) is 0.549. The lowest BCUT2D eigenvalue weighted by atomic mass is 10.2. The lowest BCUT2D eigenvalue weighted by Crippen LogP contribution is -2.53. The number of urea groups is 1. The second kappa shape index (κ2) is 8.33. The molecule has 7 nitrogen and oxygen atoms in total. The summed E-state index contributed by atoms with van der Waals surface area (Å²) in [4.78, 5) is 26.7. The van der Waals surface area contributed by atoms with Crippen LogP contribution in [-0.2, 0) is 14.3 Å². The highest BCUT2D eigenvalue weighted by molar-refractivity contribution is 7.99. The molecular formula is C12H22N2O5S. The fraction of sp³-hybridized carbons (Fsp3) is 0.833. The first kappa shape index (κ1) is 17.1. The van der Waals surface area contributed by atoms with E-state index in [9.17, 15) is 9.59 Å². The molecular weight excluding hydrogens is 284 g/mol. The van der Waals surface area contributed by atoms with Gasteiger partial charge < -0.3 is 24.4 Å². The van der Waals surface area contributed by atoms with Gasteiger partial charge >= 0.3 is 12.0 Å². The second-order valence-corrected chi connectivity index (χ2v) is 5.60. The molecule has 8 heteroatoms. The van der Waals surface area contributed by atoms with E-state index in [0.717, 1.165) is 0 Å². The molecule has 0 aliphatic carbocycles. The molecule has 0 aromatic heterocycles. The van der Waals surface area contributed by atoms with Crippen molar-refractivity contribution >= 4 is 23.8 Å². The fourth-order valence-electron chi connectivity index (χ4n) is 2.03. The van der Waals surface area contributed by atoms with Crippen molar-refractivity contribution in [1.29, 1.82) is 0 Å². The standard InChI is InChI=1S/C12H22N2O5S/c1-9(6-19-3)13(4-5-18-2)12(17)14-8-20-7-10(14)11(15)16/h9-10H,4-8H2,1-3H3,(H,15,16)/t9?,10-/m0/s1. The van der Waals surface area contributed by atoms with Crippen LogP contribution in [0.5, 0.6) is 0 Å². The number of hydrogen-bond donors (Lipinski definition) is 1. The summed E-state index contributed by atoms with van der Waals surface area (Å²) in [6.07, 6.45) is 0. The molecule has 0 aromatic carbocycles. The Bertz CT molecular complexity index is 342. The highest BCUT2D eigenvalue weighted by atomic mass is 32.2. The molecule has 1 unspecified atom stereocenters. The minimum absolute atomic E-state index is 0.136. The van der Waals surface area contributed by atoms with Gasteiger partial charge in [-0.25, -0.2) is 9.59 Å². The molecule has 0 radical (unpaired) electrons. The van der Waals surface area contributed by atoms with Gasteiger partial charge in [0.25, 0.3) is 0 Å². The molecule has 1 aliphatic heterocycles. The van der Waals surface area contributed by atoms with Crippen LogP contribution in [0.4, 0.5) is 4.79 Å². The molecule has 0 spiro atoms. The summed E-state index contributed by atoms with van der Waals surface area (Å²) >= 11 is 1.45. The Balaban J connectivity index is 2.77. The normalized spacial score (nSPS) is 19.9. The van der Waals surface area contributed by atoms with Gasteiger partial charge in [-0.2, -0.15) is 0 Å². The van der Waals surface area contributed by atoms with E-state index < -0.39 is 12.0 Å². The molecule has 2 atom stereocenters. The predicted molar refractivity (Wildman–Crippen MR) is 75.9 cm³/mol. The van der Waals surface area contributed by atoms with Gasteiger partial charge in [0.05, 0.1) is 25.1 Å². The Kier molecular flexibility index (Phi) is 7.11. The number of amides is 2. The van der Waals surface area contributed by atoms with Crippen LogP contribution in [0.2, 0.25) is 0 Å². The minimum atomic E-state index is -0.963. The van der Waals surface area contributed by atoms with Gasteiger partial charge in [-0.15, -0.1) is 11.8 Å². The van der Waals surface area contributed by atoms with E-state index >= 15 is 0 Å². The molecule has 1 rings (SSSR count). The maximum Gasteiger partial charge on any atom is 0.327 e. The molecule has 1 fully saturated rings. The Morgan fingerprint density at radius 3 is 2.70 bits per heavy atom. The van der Waals surface area contributed by atoms with Gasteiger partial charge in [0.15, 0.2) is 0 Å².